The summed E-state index contributed by atoms with van der Waals surface area (Å²) < 4.78 is 0. The lowest BCUT2D eigenvalue weighted by molar-refractivity contribution is 0.515. The number of hydrogen-bond acceptors (Lipinski definition) is 6. The molecule has 1 atom stereocenters. The highest BCUT2D eigenvalue weighted by atomic mass is 35.5. The Balaban J connectivity index is 1.57. The first-order chi connectivity index (χ1) is 14.1. The molecular weight excluding hydrogens is 407 g/mol. The number of pyridine rings is 1. The van der Waals surface area contributed by atoms with Crippen LogP contribution in [0.2, 0.25) is 10.0 Å². The zero-order valence-corrected chi connectivity index (χ0v) is 17.4. The fourth-order valence-electron chi connectivity index (χ4n) is 3.96. The van der Waals surface area contributed by atoms with Crippen LogP contribution in [-0.4, -0.2) is 40.6 Å². The molecule has 0 amide bonds. The van der Waals surface area contributed by atoms with Gasteiger partial charge in [-0.15, -0.1) is 0 Å². The summed E-state index contributed by atoms with van der Waals surface area (Å²) in [5.74, 6) is 1.66. The maximum atomic E-state index is 6.55. The number of rotatable bonds is 5. The van der Waals surface area contributed by atoms with Crippen LogP contribution in [0.4, 0.5) is 11.8 Å². The van der Waals surface area contributed by atoms with Gasteiger partial charge in [0.05, 0.1) is 10.0 Å². The van der Waals surface area contributed by atoms with Gasteiger partial charge in [-0.2, -0.15) is 4.98 Å². The summed E-state index contributed by atoms with van der Waals surface area (Å²) in [7, 11) is 0. The Bertz CT molecular complexity index is 1050. The van der Waals surface area contributed by atoms with Crippen molar-refractivity contribution in [1.82, 2.24) is 20.3 Å². The molecule has 1 aromatic carbocycles. The first kappa shape index (κ1) is 18.9. The standard InChI is InChI=1S/C21H22Cl2N6/c22-16-2-1-3-17(23)18(16)15-8-13-10-26-21(24)28-19(13)27-20(15)29-7-6-12(11-29)9-25-14-4-5-14/h1-3,8,10,12,14,25H,4-7,9,11H2,(H2,24,26,27,28). The van der Waals surface area contributed by atoms with Crippen molar-refractivity contribution in [1.29, 1.82) is 0 Å². The van der Waals surface area contributed by atoms with Crippen LogP contribution in [0, 0.1) is 5.92 Å². The highest BCUT2D eigenvalue weighted by Crippen LogP contribution is 2.41. The number of aromatic nitrogens is 3. The lowest BCUT2D eigenvalue weighted by Gasteiger charge is -2.22. The Morgan fingerprint density at radius 1 is 1.14 bits per heavy atom. The number of nitrogen functional groups attached to an aromatic ring is 1. The van der Waals surface area contributed by atoms with E-state index in [2.05, 4.69) is 20.2 Å². The van der Waals surface area contributed by atoms with Gasteiger partial charge in [-0.3, -0.25) is 0 Å². The van der Waals surface area contributed by atoms with Crippen LogP contribution in [0.25, 0.3) is 22.2 Å². The maximum Gasteiger partial charge on any atom is 0.222 e. The van der Waals surface area contributed by atoms with Crippen molar-refractivity contribution in [2.45, 2.75) is 25.3 Å². The van der Waals surface area contributed by atoms with E-state index < -0.39 is 0 Å². The summed E-state index contributed by atoms with van der Waals surface area (Å²) in [5, 5.41) is 5.65. The average molecular weight is 429 g/mol. The SMILES string of the molecule is Nc1ncc2cc(-c3c(Cl)cccc3Cl)c(N3CCC(CNC4CC4)C3)nc2n1. The molecule has 1 aliphatic carbocycles. The predicted octanol–water partition coefficient (Wildman–Crippen LogP) is 4.16. The molecule has 3 N–H and O–H groups in total. The lowest BCUT2D eigenvalue weighted by Crippen LogP contribution is -2.28. The van der Waals surface area contributed by atoms with Gasteiger partial charge in [0.1, 0.15) is 5.82 Å². The molecule has 1 saturated heterocycles. The van der Waals surface area contributed by atoms with E-state index in [1.807, 2.05) is 24.3 Å². The minimum Gasteiger partial charge on any atom is -0.368 e. The summed E-state index contributed by atoms with van der Waals surface area (Å²) >= 11 is 13.1. The van der Waals surface area contributed by atoms with Gasteiger partial charge in [-0.25, -0.2) is 9.97 Å². The van der Waals surface area contributed by atoms with Crippen molar-refractivity contribution >= 4 is 46.0 Å². The third-order valence-electron chi connectivity index (χ3n) is 5.66. The van der Waals surface area contributed by atoms with Crippen LogP contribution in [0.1, 0.15) is 19.3 Å². The molecule has 8 heteroatoms. The molecule has 0 spiro atoms. The Morgan fingerprint density at radius 3 is 2.69 bits per heavy atom. The van der Waals surface area contributed by atoms with E-state index in [1.54, 1.807) is 6.20 Å². The van der Waals surface area contributed by atoms with Gasteiger partial charge in [-0.1, -0.05) is 29.3 Å². The molecule has 1 unspecified atom stereocenters. The molecule has 2 aromatic heterocycles. The molecule has 3 heterocycles. The molecule has 5 rings (SSSR count). The zero-order valence-electron chi connectivity index (χ0n) is 15.9. The van der Waals surface area contributed by atoms with E-state index in [0.717, 1.165) is 54.4 Å². The Labute approximate surface area is 179 Å². The minimum absolute atomic E-state index is 0.215. The van der Waals surface area contributed by atoms with Gasteiger partial charge >= 0.3 is 0 Å². The van der Waals surface area contributed by atoms with E-state index >= 15 is 0 Å². The first-order valence-electron chi connectivity index (χ1n) is 9.94. The monoisotopic (exact) mass is 428 g/mol. The highest BCUT2D eigenvalue weighted by Gasteiger charge is 2.29. The maximum absolute atomic E-state index is 6.55. The Morgan fingerprint density at radius 2 is 1.93 bits per heavy atom. The van der Waals surface area contributed by atoms with Crippen molar-refractivity contribution in [2.24, 2.45) is 5.92 Å². The molecule has 1 saturated carbocycles. The van der Waals surface area contributed by atoms with Crippen LogP contribution >= 0.6 is 23.2 Å². The van der Waals surface area contributed by atoms with E-state index in [9.17, 15) is 0 Å². The van der Waals surface area contributed by atoms with Gasteiger partial charge < -0.3 is 16.0 Å². The van der Waals surface area contributed by atoms with Gasteiger partial charge in [0, 0.05) is 41.8 Å². The number of nitrogens with two attached hydrogens (primary N) is 1. The summed E-state index contributed by atoms with van der Waals surface area (Å²) in [4.78, 5) is 15.6. The van der Waals surface area contributed by atoms with Crippen molar-refractivity contribution in [3.8, 4) is 11.1 Å². The molecule has 150 valence electrons. The summed E-state index contributed by atoms with van der Waals surface area (Å²) in [5.41, 5.74) is 8.07. The van der Waals surface area contributed by atoms with Gasteiger partial charge in [-0.05, 0) is 49.9 Å². The molecule has 6 nitrogen and oxygen atoms in total. The number of benzene rings is 1. The number of nitrogens with one attached hydrogen (secondary N) is 1. The first-order valence-corrected chi connectivity index (χ1v) is 10.7. The third kappa shape index (κ3) is 3.84. The van der Waals surface area contributed by atoms with Crippen LogP contribution in [0.5, 0.6) is 0 Å². The second kappa shape index (κ2) is 7.59. The smallest absolute Gasteiger partial charge is 0.222 e. The lowest BCUT2D eigenvalue weighted by atomic mass is 10.0. The number of nitrogens with zero attached hydrogens (tertiary/aromatic N) is 4. The Hall–Kier alpha value is -2.15. The zero-order chi connectivity index (χ0) is 20.0. The fourth-order valence-corrected chi connectivity index (χ4v) is 4.56. The molecule has 2 fully saturated rings. The fraction of sp³-hybridized carbons (Fsp3) is 0.381. The van der Waals surface area contributed by atoms with E-state index in [1.165, 1.54) is 12.8 Å². The summed E-state index contributed by atoms with van der Waals surface area (Å²) in [6.07, 6.45) is 5.42. The van der Waals surface area contributed by atoms with Crippen LogP contribution in [0.3, 0.4) is 0 Å². The molecule has 2 aliphatic rings. The Kier molecular flexibility index (Phi) is 4.94. The van der Waals surface area contributed by atoms with Crippen LogP contribution < -0.4 is 16.0 Å². The minimum atomic E-state index is 0.215. The molecular formula is C21H22Cl2N6. The van der Waals surface area contributed by atoms with Gasteiger partial charge in [0.15, 0.2) is 5.65 Å². The van der Waals surface area contributed by atoms with Gasteiger partial charge in [0.25, 0.3) is 0 Å². The molecule has 1 aliphatic heterocycles. The molecule has 29 heavy (non-hydrogen) atoms. The van der Waals surface area contributed by atoms with Crippen LogP contribution in [-0.2, 0) is 0 Å². The number of hydrogen-bond donors (Lipinski definition) is 2. The number of anilines is 2. The second-order valence-electron chi connectivity index (χ2n) is 7.88. The topological polar surface area (TPSA) is 80.0 Å². The number of fused-ring (bicyclic) bond motifs is 1. The highest BCUT2D eigenvalue weighted by molar-refractivity contribution is 6.39. The summed E-state index contributed by atoms with van der Waals surface area (Å²) in [6.45, 7) is 2.92. The quantitative estimate of drug-likeness (QED) is 0.634. The normalized spacial score (nSPS) is 19.2. The van der Waals surface area contributed by atoms with E-state index in [4.69, 9.17) is 33.9 Å². The number of halogens is 2. The van der Waals surface area contributed by atoms with Gasteiger partial charge in [0.2, 0.25) is 5.95 Å². The third-order valence-corrected chi connectivity index (χ3v) is 6.29. The molecule has 0 radical (unpaired) electrons. The summed E-state index contributed by atoms with van der Waals surface area (Å²) in [6, 6.07) is 8.28. The predicted molar refractivity (Wildman–Crippen MR) is 119 cm³/mol. The largest absolute Gasteiger partial charge is 0.368 e. The van der Waals surface area contributed by atoms with Crippen molar-refractivity contribution in [2.75, 3.05) is 30.3 Å². The van der Waals surface area contributed by atoms with E-state index in [-0.39, 0.29) is 5.95 Å². The average Bonchev–Trinajstić information content (AvgIpc) is 3.41. The van der Waals surface area contributed by atoms with Crippen molar-refractivity contribution in [3.63, 3.8) is 0 Å². The van der Waals surface area contributed by atoms with E-state index in [0.29, 0.717) is 21.6 Å². The molecule has 0 bridgehead atoms. The van der Waals surface area contributed by atoms with Crippen molar-refractivity contribution < 1.29 is 0 Å². The van der Waals surface area contributed by atoms with Crippen molar-refractivity contribution in [3.05, 3.63) is 40.5 Å². The molecule has 3 aromatic rings. The second-order valence-corrected chi connectivity index (χ2v) is 8.69. The van der Waals surface area contributed by atoms with Crippen LogP contribution in [0.15, 0.2) is 30.5 Å².